The Kier molecular flexibility index (Phi) is 5.17. The second-order valence-electron chi connectivity index (χ2n) is 5.16. The lowest BCUT2D eigenvalue weighted by atomic mass is 10.2. The Bertz CT molecular complexity index is 829. The van der Waals surface area contributed by atoms with Gasteiger partial charge in [0, 0.05) is 30.8 Å². The predicted octanol–water partition coefficient (Wildman–Crippen LogP) is 2.46. The number of rotatable bonds is 7. The number of carbonyl (C=O) groups excluding carboxylic acids is 1. The Morgan fingerprint density at radius 2 is 2.25 bits per heavy atom. The van der Waals surface area contributed by atoms with Crippen molar-refractivity contribution in [3.8, 4) is 11.5 Å². The van der Waals surface area contributed by atoms with Crippen LogP contribution in [0.5, 0.6) is 0 Å². The van der Waals surface area contributed by atoms with Crippen LogP contribution < -0.4 is 5.32 Å². The molecule has 7 nitrogen and oxygen atoms in total. The number of methoxy groups -OCH3 is 1. The van der Waals surface area contributed by atoms with Crippen molar-refractivity contribution < 1.29 is 13.9 Å². The fraction of sp³-hybridized carbons (Fsp3) is 0.312. The normalized spacial score (nSPS) is 12.4. The van der Waals surface area contributed by atoms with Gasteiger partial charge in [-0.1, -0.05) is 30.0 Å². The van der Waals surface area contributed by atoms with Crippen LogP contribution >= 0.6 is 11.8 Å². The van der Waals surface area contributed by atoms with Gasteiger partial charge in [-0.25, -0.2) is 0 Å². The third-order valence-electron chi connectivity index (χ3n) is 3.48. The van der Waals surface area contributed by atoms with Crippen LogP contribution in [-0.4, -0.2) is 46.6 Å². The number of aromatic nitrogens is 3. The van der Waals surface area contributed by atoms with Crippen molar-refractivity contribution in [3.63, 3.8) is 0 Å². The van der Waals surface area contributed by atoms with Gasteiger partial charge in [0.05, 0.1) is 17.4 Å². The molecule has 0 saturated carbocycles. The highest BCUT2D eigenvalue weighted by Crippen LogP contribution is 2.30. The van der Waals surface area contributed by atoms with Crippen molar-refractivity contribution in [2.45, 2.75) is 17.4 Å². The Labute approximate surface area is 143 Å². The van der Waals surface area contributed by atoms with E-state index in [0.29, 0.717) is 24.3 Å². The third-order valence-corrected chi connectivity index (χ3v) is 4.41. The molecule has 0 saturated heterocycles. The summed E-state index contributed by atoms with van der Waals surface area (Å²) in [6.07, 6.45) is 1.84. The molecule has 2 heterocycles. The first-order valence-electron chi connectivity index (χ1n) is 7.52. The maximum Gasteiger partial charge on any atom is 0.277 e. The Morgan fingerprint density at radius 3 is 3.08 bits per heavy atom. The van der Waals surface area contributed by atoms with Gasteiger partial charge in [0.15, 0.2) is 0 Å². The summed E-state index contributed by atoms with van der Waals surface area (Å²) >= 11 is 1.23. The smallest absolute Gasteiger partial charge is 0.277 e. The number of nitrogens with one attached hydrogen (secondary N) is 2. The standard InChI is InChI=1S/C16H18N4O3S/c1-10(14(21)17-7-8-22-2)24-16-20-19-15(23-16)12-9-18-13-6-4-3-5-11(12)13/h3-6,9-10,18H,7-8H2,1-2H3,(H,17,21)/t10-/m0/s1. The monoisotopic (exact) mass is 346 g/mol. The topological polar surface area (TPSA) is 93.0 Å². The minimum absolute atomic E-state index is 0.0936. The maximum atomic E-state index is 12.0. The quantitative estimate of drug-likeness (QED) is 0.504. The number of para-hydroxylation sites is 1. The predicted molar refractivity (Wildman–Crippen MR) is 91.8 cm³/mol. The molecule has 8 heteroatoms. The fourth-order valence-corrected chi connectivity index (χ4v) is 2.95. The van der Waals surface area contributed by atoms with Gasteiger partial charge in [0.25, 0.3) is 11.1 Å². The van der Waals surface area contributed by atoms with Gasteiger partial charge in [0.1, 0.15) is 0 Å². The summed E-state index contributed by atoms with van der Waals surface area (Å²) in [5, 5.41) is 11.9. The van der Waals surface area contributed by atoms with Crippen LogP contribution in [0.25, 0.3) is 22.4 Å². The molecular weight excluding hydrogens is 328 g/mol. The van der Waals surface area contributed by atoms with Gasteiger partial charge in [0.2, 0.25) is 5.91 Å². The van der Waals surface area contributed by atoms with Gasteiger partial charge >= 0.3 is 0 Å². The Balaban J connectivity index is 1.68. The van der Waals surface area contributed by atoms with E-state index in [0.717, 1.165) is 16.5 Å². The Hall–Kier alpha value is -2.32. The van der Waals surface area contributed by atoms with Crippen LogP contribution in [-0.2, 0) is 9.53 Å². The first-order valence-corrected chi connectivity index (χ1v) is 8.40. The summed E-state index contributed by atoms with van der Waals surface area (Å²) in [5.41, 5.74) is 1.85. The third kappa shape index (κ3) is 3.60. The average molecular weight is 346 g/mol. The SMILES string of the molecule is COCCNC(=O)[C@H](C)Sc1nnc(-c2c[nH]c3ccccc23)o1. The highest BCUT2D eigenvalue weighted by Gasteiger charge is 2.19. The van der Waals surface area contributed by atoms with Crippen molar-refractivity contribution in [2.75, 3.05) is 20.3 Å². The molecule has 0 bridgehead atoms. The second kappa shape index (κ2) is 7.50. The number of H-pyrrole nitrogens is 1. The van der Waals surface area contributed by atoms with Crippen molar-refractivity contribution in [3.05, 3.63) is 30.5 Å². The molecule has 1 amide bonds. The molecule has 0 unspecified atom stereocenters. The molecule has 0 aliphatic heterocycles. The van der Waals surface area contributed by atoms with Crippen LogP contribution in [0.15, 0.2) is 40.1 Å². The van der Waals surface area contributed by atoms with Crippen LogP contribution in [0.1, 0.15) is 6.92 Å². The van der Waals surface area contributed by atoms with Crippen LogP contribution in [0.4, 0.5) is 0 Å². The number of ether oxygens (including phenoxy) is 1. The van der Waals surface area contributed by atoms with Crippen molar-refractivity contribution in [1.82, 2.24) is 20.5 Å². The zero-order chi connectivity index (χ0) is 16.9. The molecule has 1 atom stereocenters. The van der Waals surface area contributed by atoms with Crippen molar-refractivity contribution in [1.29, 1.82) is 0 Å². The highest BCUT2D eigenvalue weighted by atomic mass is 32.2. The molecule has 0 spiro atoms. The van der Waals surface area contributed by atoms with E-state index in [4.69, 9.17) is 9.15 Å². The van der Waals surface area contributed by atoms with Gasteiger partial charge in [-0.2, -0.15) is 0 Å². The number of carbonyl (C=O) groups is 1. The number of thioether (sulfide) groups is 1. The van der Waals surface area contributed by atoms with Crippen molar-refractivity contribution in [2.24, 2.45) is 0 Å². The zero-order valence-corrected chi connectivity index (χ0v) is 14.2. The fourth-order valence-electron chi connectivity index (χ4n) is 2.24. The molecule has 2 aromatic heterocycles. The highest BCUT2D eigenvalue weighted by molar-refractivity contribution is 8.00. The van der Waals surface area contributed by atoms with E-state index in [1.54, 1.807) is 14.0 Å². The summed E-state index contributed by atoms with van der Waals surface area (Å²) in [6, 6.07) is 7.89. The minimum Gasteiger partial charge on any atom is -0.411 e. The summed E-state index contributed by atoms with van der Waals surface area (Å²) in [6.45, 7) is 2.75. The number of nitrogens with zero attached hydrogens (tertiary/aromatic N) is 2. The summed E-state index contributed by atoms with van der Waals surface area (Å²) in [4.78, 5) is 15.1. The van der Waals surface area contributed by atoms with E-state index in [1.165, 1.54) is 11.8 Å². The van der Waals surface area contributed by atoms with E-state index < -0.39 is 0 Å². The summed E-state index contributed by atoms with van der Waals surface area (Å²) < 4.78 is 10.6. The van der Waals surface area contributed by atoms with E-state index in [-0.39, 0.29) is 11.2 Å². The van der Waals surface area contributed by atoms with E-state index in [9.17, 15) is 4.79 Å². The van der Waals surface area contributed by atoms with E-state index in [2.05, 4.69) is 20.5 Å². The number of amides is 1. The number of hydrogen-bond acceptors (Lipinski definition) is 6. The van der Waals surface area contributed by atoms with Crippen LogP contribution in [0.2, 0.25) is 0 Å². The summed E-state index contributed by atoms with van der Waals surface area (Å²) in [7, 11) is 1.59. The van der Waals surface area contributed by atoms with E-state index >= 15 is 0 Å². The summed E-state index contributed by atoms with van der Waals surface area (Å²) in [5.74, 6) is 0.339. The average Bonchev–Trinajstić information content (AvgIpc) is 3.21. The maximum absolute atomic E-state index is 12.0. The first-order chi connectivity index (χ1) is 11.7. The molecule has 0 radical (unpaired) electrons. The van der Waals surface area contributed by atoms with E-state index in [1.807, 2.05) is 30.5 Å². The molecule has 1 aromatic carbocycles. The number of fused-ring (bicyclic) bond motifs is 1. The lowest BCUT2D eigenvalue weighted by Crippen LogP contribution is -2.33. The van der Waals surface area contributed by atoms with Crippen LogP contribution in [0.3, 0.4) is 0 Å². The largest absolute Gasteiger partial charge is 0.411 e. The van der Waals surface area contributed by atoms with Gasteiger partial charge < -0.3 is 19.5 Å². The molecule has 3 aromatic rings. The molecule has 126 valence electrons. The lowest BCUT2D eigenvalue weighted by Gasteiger charge is -2.08. The molecule has 0 aliphatic rings. The number of aromatic amines is 1. The molecular formula is C16H18N4O3S. The molecule has 3 rings (SSSR count). The number of hydrogen-bond donors (Lipinski definition) is 2. The van der Waals surface area contributed by atoms with Crippen LogP contribution in [0, 0.1) is 0 Å². The molecule has 0 aliphatic carbocycles. The molecule has 2 N–H and O–H groups in total. The van der Waals surface area contributed by atoms with Gasteiger partial charge in [-0.3, -0.25) is 4.79 Å². The minimum atomic E-state index is -0.335. The molecule has 24 heavy (non-hydrogen) atoms. The number of benzene rings is 1. The molecule has 0 fully saturated rings. The van der Waals surface area contributed by atoms with Crippen molar-refractivity contribution >= 4 is 28.6 Å². The second-order valence-corrected chi connectivity index (χ2v) is 6.46. The zero-order valence-electron chi connectivity index (χ0n) is 13.4. The van der Waals surface area contributed by atoms with Gasteiger partial charge in [-0.15, -0.1) is 10.2 Å². The lowest BCUT2D eigenvalue weighted by molar-refractivity contribution is -0.120. The van der Waals surface area contributed by atoms with Gasteiger partial charge in [-0.05, 0) is 13.0 Å². The Morgan fingerprint density at radius 1 is 1.42 bits per heavy atom. The first kappa shape index (κ1) is 16.5.